The molecule has 0 amide bonds. The summed E-state index contributed by atoms with van der Waals surface area (Å²) in [7, 11) is -3.00. The van der Waals surface area contributed by atoms with Gasteiger partial charge in [-0.2, -0.15) is 0 Å². The average Bonchev–Trinajstić information content (AvgIpc) is 2.93. The Bertz CT molecular complexity index is 466. The Kier molecular flexibility index (Phi) is 4.11. The first-order valence-electron chi connectivity index (χ1n) is 5.75. The van der Waals surface area contributed by atoms with Crippen molar-refractivity contribution in [3.05, 3.63) is 10.0 Å². The van der Waals surface area contributed by atoms with Crippen LogP contribution in [0.4, 0.5) is 0 Å². The lowest BCUT2D eigenvalue weighted by Gasteiger charge is -1.99. The van der Waals surface area contributed by atoms with Crippen molar-refractivity contribution in [2.45, 2.75) is 37.5 Å². The molecule has 0 spiro atoms. The molecular formula is C10H17N3O2S2. The van der Waals surface area contributed by atoms with E-state index in [0.29, 0.717) is 5.01 Å². The summed E-state index contributed by atoms with van der Waals surface area (Å²) in [4.78, 5) is 0. The van der Waals surface area contributed by atoms with Crippen molar-refractivity contribution in [2.75, 3.05) is 12.8 Å². The molecule has 0 aromatic carbocycles. The summed E-state index contributed by atoms with van der Waals surface area (Å²) in [5.41, 5.74) is 0. The van der Waals surface area contributed by atoms with E-state index in [-0.39, 0.29) is 5.75 Å². The third-order valence-electron chi connectivity index (χ3n) is 2.47. The van der Waals surface area contributed by atoms with Crippen LogP contribution in [0.1, 0.15) is 29.3 Å². The highest BCUT2D eigenvalue weighted by Crippen LogP contribution is 2.18. The molecule has 1 heterocycles. The fourth-order valence-electron chi connectivity index (χ4n) is 1.51. The zero-order chi connectivity index (χ0) is 12.3. The number of aryl methyl sites for hydroxylation is 1. The Morgan fingerprint density at radius 1 is 1.35 bits per heavy atom. The molecule has 0 bridgehead atoms. The third-order valence-corrected chi connectivity index (χ3v) is 4.44. The van der Waals surface area contributed by atoms with Gasteiger partial charge in [0.05, 0.1) is 0 Å². The van der Waals surface area contributed by atoms with E-state index < -0.39 is 9.84 Å². The van der Waals surface area contributed by atoms with Crippen molar-refractivity contribution in [2.24, 2.45) is 0 Å². The van der Waals surface area contributed by atoms with Crippen LogP contribution < -0.4 is 5.32 Å². The van der Waals surface area contributed by atoms with Gasteiger partial charge in [0, 0.05) is 18.7 Å². The third kappa shape index (κ3) is 5.10. The summed E-state index contributed by atoms with van der Waals surface area (Å²) in [5.74, 6) is 0.00495. The zero-order valence-corrected chi connectivity index (χ0v) is 11.5. The molecule has 1 aliphatic rings. The molecule has 0 radical (unpaired) electrons. The molecule has 2 rings (SSSR count). The number of hydrogen-bond donors (Lipinski definition) is 1. The van der Waals surface area contributed by atoms with E-state index in [2.05, 4.69) is 15.5 Å². The van der Waals surface area contributed by atoms with Crippen molar-refractivity contribution in [3.8, 4) is 0 Å². The Morgan fingerprint density at radius 3 is 2.71 bits per heavy atom. The molecule has 96 valence electrons. The molecule has 1 saturated carbocycles. The van der Waals surface area contributed by atoms with Crippen molar-refractivity contribution in [1.82, 2.24) is 15.5 Å². The highest BCUT2D eigenvalue weighted by atomic mass is 32.2. The van der Waals surface area contributed by atoms with Crippen LogP contribution in [0.15, 0.2) is 0 Å². The molecule has 0 unspecified atom stereocenters. The number of nitrogens with zero attached hydrogens (tertiary/aromatic N) is 2. The lowest BCUT2D eigenvalue weighted by Crippen LogP contribution is -2.17. The van der Waals surface area contributed by atoms with Gasteiger partial charge in [0.15, 0.2) is 9.84 Å². The number of nitrogens with one attached hydrogen (secondary N) is 1. The predicted octanol–water partition coefficient (Wildman–Crippen LogP) is 0.767. The second kappa shape index (κ2) is 5.41. The van der Waals surface area contributed by atoms with Crippen LogP contribution in [0, 0.1) is 0 Å². The minimum absolute atomic E-state index is 0.00495. The van der Waals surface area contributed by atoms with Gasteiger partial charge in [-0.3, -0.25) is 0 Å². The van der Waals surface area contributed by atoms with E-state index in [4.69, 9.17) is 0 Å². The van der Waals surface area contributed by atoms with Gasteiger partial charge < -0.3 is 5.32 Å². The minimum Gasteiger partial charge on any atom is -0.314 e. The molecule has 0 aliphatic heterocycles. The average molecular weight is 275 g/mol. The second-order valence-electron chi connectivity index (χ2n) is 4.49. The van der Waals surface area contributed by atoms with Crippen molar-refractivity contribution in [3.63, 3.8) is 0 Å². The topological polar surface area (TPSA) is 72.0 Å². The van der Waals surface area contributed by atoms with Crippen LogP contribution in [0.5, 0.6) is 0 Å². The van der Waals surface area contributed by atoms with Crippen LogP contribution in [-0.2, 0) is 22.0 Å². The lowest BCUT2D eigenvalue weighted by molar-refractivity contribution is 0.600. The number of hydrogen-bond acceptors (Lipinski definition) is 6. The molecule has 1 aliphatic carbocycles. The summed E-state index contributed by atoms with van der Waals surface area (Å²) in [6.07, 6.45) is 5.73. The number of sulfone groups is 1. The van der Waals surface area contributed by atoms with Gasteiger partial charge >= 0.3 is 0 Å². The van der Waals surface area contributed by atoms with Gasteiger partial charge in [0.25, 0.3) is 0 Å². The molecule has 1 aromatic heterocycles. The zero-order valence-electron chi connectivity index (χ0n) is 9.85. The maximum Gasteiger partial charge on any atom is 0.154 e. The first-order valence-corrected chi connectivity index (χ1v) is 8.63. The highest BCUT2D eigenvalue weighted by molar-refractivity contribution is 7.90. The summed E-state index contributed by atoms with van der Waals surface area (Å²) < 4.78 is 22.2. The summed E-state index contributed by atoms with van der Waals surface area (Å²) in [5, 5.41) is 12.9. The SMILES string of the molecule is CS(=O)(=O)Cc1nnc(CCCNC2CC2)s1. The largest absolute Gasteiger partial charge is 0.314 e. The molecule has 5 nitrogen and oxygen atoms in total. The molecular weight excluding hydrogens is 258 g/mol. The van der Waals surface area contributed by atoms with Crippen LogP contribution in [0.3, 0.4) is 0 Å². The molecule has 1 fully saturated rings. The van der Waals surface area contributed by atoms with E-state index in [9.17, 15) is 8.42 Å². The predicted molar refractivity (Wildman–Crippen MR) is 67.8 cm³/mol. The van der Waals surface area contributed by atoms with Gasteiger partial charge in [-0.15, -0.1) is 21.5 Å². The van der Waals surface area contributed by atoms with Gasteiger partial charge in [-0.05, 0) is 25.8 Å². The smallest absolute Gasteiger partial charge is 0.154 e. The van der Waals surface area contributed by atoms with Crippen molar-refractivity contribution >= 4 is 21.2 Å². The van der Waals surface area contributed by atoms with Crippen molar-refractivity contribution in [1.29, 1.82) is 0 Å². The number of rotatable bonds is 7. The van der Waals surface area contributed by atoms with Gasteiger partial charge in [-0.1, -0.05) is 0 Å². The first kappa shape index (κ1) is 12.9. The van der Waals surface area contributed by atoms with Crippen LogP contribution in [-0.4, -0.2) is 37.5 Å². The van der Waals surface area contributed by atoms with Gasteiger partial charge in [0.1, 0.15) is 15.8 Å². The second-order valence-corrected chi connectivity index (χ2v) is 7.78. The molecule has 1 aromatic rings. The Morgan fingerprint density at radius 2 is 2.06 bits per heavy atom. The normalized spacial score (nSPS) is 16.3. The van der Waals surface area contributed by atoms with E-state index in [1.54, 1.807) is 0 Å². The fraction of sp³-hybridized carbons (Fsp3) is 0.800. The Hall–Kier alpha value is -0.530. The van der Waals surface area contributed by atoms with E-state index in [1.807, 2.05) is 0 Å². The number of aromatic nitrogens is 2. The summed E-state index contributed by atoms with van der Waals surface area (Å²) >= 11 is 1.41. The Labute approximate surface area is 106 Å². The van der Waals surface area contributed by atoms with Crippen molar-refractivity contribution < 1.29 is 8.42 Å². The van der Waals surface area contributed by atoms with Gasteiger partial charge in [-0.25, -0.2) is 8.42 Å². The maximum absolute atomic E-state index is 11.1. The summed E-state index contributed by atoms with van der Waals surface area (Å²) in [6, 6.07) is 0.741. The monoisotopic (exact) mass is 275 g/mol. The van der Waals surface area contributed by atoms with Crippen LogP contribution in [0.25, 0.3) is 0 Å². The fourth-order valence-corrected chi connectivity index (χ4v) is 3.57. The molecule has 17 heavy (non-hydrogen) atoms. The van der Waals surface area contributed by atoms with E-state index in [1.165, 1.54) is 30.4 Å². The maximum atomic E-state index is 11.1. The van der Waals surface area contributed by atoms with Crippen LogP contribution in [0.2, 0.25) is 0 Å². The highest BCUT2D eigenvalue weighted by Gasteiger charge is 2.19. The molecule has 0 atom stereocenters. The quantitative estimate of drug-likeness (QED) is 0.744. The van der Waals surface area contributed by atoms with Crippen LogP contribution >= 0.6 is 11.3 Å². The molecule has 7 heteroatoms. The molecule has 1 N–H and O–H groups in total. The lowest BCUT2D eigenvalue weighted by atomic mass is 10.3. The van der Waals surface area contributed by atoms with E-state index >= 15 is 0 Å². The standard InChI is InChI=1S/C10H17N3O2S2/c1-17(14,15)7-10-13-12-9(16-10)3-2-6-11-8-4-5-8/h8,11H,2-7H2,1H3. The van der Waals surface area contributed by atoms with E-state index in [0.717, 1.165) is 30.4 Å². The minimum atomic E-state index is -3.00. The summed E-state index contributed by atoms with van der Waals surface area (Å²) in [6.45, 7) is 1.01. The van der Waals surface area contributed by atoms with Gasteiger partial charge in [0.2, 0.25) is 0 Å². The Balaban J connectivity index is 1.73. The first-order chi connectivity index (χ1) is 8.03. The molecule has 0 saturated heterocycles.